The van der Waals surface area contributed by atoms with Crippen molar-refractivity contribution in [3.63, 3.8) is 0 Å². The molecular formula is C9H6N2S4. The van der Waals surface area contributed by atoms with Gasteiger partial charge in [0.2, 0.25) is 0 Å². The molecule has 0 saturated heterocycles. The molecule has 1 aromatic heterocycles. The van der Waals surface area contributed by atoms with Gasteiger partial charge in [-0.25, -0.2) is 4.98 Å². The first kappa shape index (κ1) is 10.0. The van der Waals surface area contributed by atoms with Crippen LogP contribution in [0.15, 0.2) is 37.1 Å². The number of imidazole rings is 1. The van der Waals surface area contributed by atoms with E-state index in [0.29, 0.717) is 0 Å². The third-order valence-electron chi connectivity index (χ3n) is 1.78. The number of rotatable bonds is 1. The number of H-pyrrole nitrogens is 1. The highest BCUT2D eigenvalue weighted by molar-refractivity contribution is 8.35. The van der Waals surface area contributed by atoms with E-state index in [1.165, 1.54) is 13.4 Å². The highest BCUT2D eigenvalue weighted by atomic mass is 32.2. The number of thioether (sulfide) groups is 4. The van der Waals surface area contributed by atoms with Crippen LogP contribution >= 0.6 is 47.0 Å². The Balaban J connectivity index is 1.80. The molecule has 76 valence electrons. The first-order valence-corrected chi connectivity index (χ1v) is 7.66. The van der Waals surface area contributed by atoms with Gasteiger partial charge in [-0.3, -0.25) is 0 Å². The lowest BCUT2D eigenvalue weighted by molar-refractivity contribution is 1.26. The van der Waals surface area contributed by atoms with E-state index in [1.54, 1.807) is 53.2 Å². The van der Waals surface area contributed by atoms with E-state index in [1.807, 2.05) is 6.20 Å². The van der Waals surface area contributed by atoms with E-state index in [4.69, 9.17) is 0 Å². The summed E-state index contributed by atoms with van der Waals surface area (Å²) in [6.07, 6.45) is 3.64. The van der Waals surface area contributed by atoms with Crippen molar-refractivity contribution in [3.05, 3.63) is 42.9 Å². The maximum Gasteiger partial charge on any atom is 0.144 e. The molecule has 0 atom stereocenters. The molecule has 0 unspecified atom stereocenters. The molecule has 2 aliphatic rings. The Bertz CT molecular complexity index is 448. The van der Waals surface area contributed by atoms with Crippen LogP contribution in [0.3, 0.4) is 0 Å². The lowest BCUT2D eigenvalue weighted by Gasteiger charge is -2.00. The number of nitrogens with one attached hydrogen (secondary N) is 1. The third kappa shape index (κ3) is 2.04. The van der Waals surface area contributed by atoms with Crippen molar-refractivity contribution in [3.8, 4) is 0 Å². The number of hydrogen-bond acceptors (Lipinski definition) is 5. The van der Waals surface area contributed by atoms with E-state index in [2.05, 4.69) is 26.2 Å². The van der Waals surface area contributed by atoms with Crippen LogP contribution in [0.1, 0.15) is 5.82 Å². The molecule has 1 N–H and O–H groups in total. The van der Waals surface area contributed by atoms with Gasteiger partial charge in [-0.2, -0.15) is 0 Å². The van der Waals surface area contributed by atoms with Crippen LogP contribution in [0, 0.1) is 0 Å². The summed E-state index contributed by atoms with van der Waals surface area (Å²) in [7, 11) is 0. The minimum Gasteiger partial charge on any atom is -0.344 e. The molecule has 0 saturated carbocycles. The van der Waals surface area contributed by atoms with Gasteiger partial charge in [-0.05, 0) is 16.2 Å². The zero-order chi connectivity index (χ0) is 10.1. The lowest BCUT2D eigenvalue weighted by Crippen LogP contribution is -1.78. The second-order valence-electron chi connectivity index (χ2n) is 2.72. The van der Waals surface area contributed by atoms with Crippen molar-refractivity contribution in [2.24, 2.45) is 0 Å². The summed E-state index contributed by atoms with van der Waals surface area (Å²) < 4.78 is 2.74. The molecule has 0 aliphatic carbocycles. The molecule has 0 spiro atoms. The zero-order valence-corrected chi connectivity index (χ0v) is 10.7. The quantitative estimate of drug-likeness (QED) is 0.823. The van der Waals surface area contributed by atoms with Crippen LogP contribution in [0.4, 0.5) is 0 Å². The topological polar surface area (TPSA) is 28.7 Å². The van der Waals surface area contributed by atoms with Gasteiger partial charge in [0.25, 0.3) is 0 Å². The molecule has 0 aromatic carbocycles. The predicted octanol–water partition coefficient (Wildman–Crippen LogP) is 4.27. The fraction of sp³-hybridized carbons (Fsp3) is 0. The molecule has 3 heterocycles. The Labute approximate surface area is 104 Å². The van der Waals surface area contributed by atoms with E-state index >= 15 is 0 Å². The van der Waals surface area contributed by atoms with Gasteiger partial charge < -0.3 is 4.98 Å². The maximum atomic E-state index is 4.25. The normalized spacial score (nSPS) is 20.1. The molecule has 0 radical (unpaired) electrons. The highest BCUT2D eigenvalue weighted by Crippen LogP contribution is 2.55. The average Bonchev–Trinajstić information content (AvgIpc) is 3.02. The van der Waals surface area contributed by atoms with Gasteiger partial charge in [0.15, 0.2) is 0 Å². The Morgan fingerprint density at radius 3 is 2.67 bits per heavy atom. The summed E-state index contributed by atoms with van der Waals surface area (Å²) in [5, 5.41) is 6.41. The fourth-order valence-corrected chi connectivity index (χ4v) is 5.56. The highest BCUT2D eigenvalue weighted by Gasteiger charge is 2.20. The summed E-state index contributed by atoms with van der Waals surface area (Å²) in [6.45, 7) is 0. The number of aromatic nitrogens is 2. The summed E-state index contributed by atoms with van der Waals surface area (Å²) >= 11 is 7.17. The Hall–Kier alpha value is -0.170. The Kier molecular flexibility index (Phi) is 2.92. The van der Waals surface area contributed by atoms with E-state index in [0.717, 1.165) is 5.82 Å². The maximum absolute atomic E-state index is 4.25. The molecule has 15 heavy (non-hydrogen) atoms. The fourth-order valence-electron chi connectivity index (χ4n) is 1.15. The van der Waals surface area contributed by atoms with Crippen LogP contribution in [0.2, 0.25) is 0 Å². The van der Waals surface area contributed by atoms with Crippen molar-refractivity contribution >= 4 is 52.0 Å². The van der Waals surface area contributed by atoms with Crippen LogP contribution in [-0.2, 0) is 0 Å². The van der Waals surface area contributed by atoms with E-state index in [9.17, 15) is 0 Å². The van der Waals surface area contributed by atoms with E-state index < -0.39 is 0 Å². The molecule has 2 aliphatic heterocycles. The van der Waals surface area contributed by atoms with Gasteiger partial charge in [-0.1, -0.05) is 47.0 Å². The lowest BCUT2D eigenvalue weighted by atomic mass is 10.6. The molecule has 1 aromatic rings. The number of nitrogens with zero attached hydrogens (tertiary/aromatic N) is 1. The number of aromatic amines is 1. The van der Waals surface area contributed by atoms with Gasteiger partial charge in [0.1, 0.15) is 5.82 Å². The Morgan fingerprint density at radius 1 is 1.07 bits per heavy atom. The van der Waals surface area contributed by atoms with Crippen molar-refractivity contribution in [2.75, 3.05) is 0 Å². The van der Waals surface area contributed by atoms with Crippen LogP contribution in [-0.4, -0.2) is 9.97 Å². The second-order valence-corrected chi connectivity index (χ2v) is 7.00. The molecule has 3 rings (SSSR count). The minimum absolute atomic E-state index is 0.962. The molecule has 2 nitrogen and oxygen atoms in total. The average molecular weight is 270 g/mol. The van der Waals surface area contributed by atoms with Crippen molar-refractivity contribution in [1.82, 2.24) is 9.97 Å². The minimum atomic E-state index is 0.962. The van der Waals surface area contributed by atoms with Crippen molar-refractivity contribution < 1.29 is 0 Å². The van der Waals surface area contributed by atoms with Crippen molar-refractivity contribution in [2.45, 2.75) is 0 Å². The van der Waals surface area contributed by atoms with Gasteiger partial charge in [0.05, 0.1) is 13.4 Å². The molecule has 0 bridgehead atoms. The summed E-state index contributed by atoms with van der Waals surface area (Å²) in [6, 6.07) is 0. The summed E-state index contributed by atoms with van der Waals surface area (Å²) in [4.78, 5) is 8.58. The predicted molar refractivity (Wildman–Crippen MR) is 73.1 cm³/mol. The monoisotopic (exact) mass is 270 g/mol. The molecule has 0 amide bonds. The largest absolute Gasteiger partial charge is 0.344 e. The van der Waals surface area contributed by atoms with Gasteiger partial charge in [-0.15, -0.1) is 0 Å². The van der Waals surface area contributed by atoms with Crippen molar-refractivity contribution in [1.29, 1.82) is 0 Å². The van der Waals surface area contributed by atoms with E-state index in [-0.39, 0.29) is 0 Å². The first-order chi connectivity index (χ1) is 7.43. The molecule has 0 fully saturated rings. The van der Waals surface area contributed by atoms with Crippen LogP contribution in [0.5, 0.6) is 0 Å². The smallest absolute Gasteiger partial charge is 0.144 e. The Morgan fingerprint density at radius 2 is 1.93 bits per heavy atom. The third-order valence-corrected chi connectivity index (χ3v) is 6.81. The van der Waals surface area contributed by atoms with Crippen LogP contribution < -0.4 is 0 Å². The van der Waals surface area contributed by atoms with Gasteiger partial charge in [0, 0.05) is 12.4 Å². The second kappa shape index (κ2) is 4.37. The number of hydrogen-bond donors (Lipinski definition) is 1. The SMILES string of the molecule is C1=CSC(=C2SC=C(c3ncc[nH]3)S2)S1. The molecular weight excluding hydrogens is 264 g/mol. The molecule has 6 heteroatoms. The standard InChI is InChI=1S/C9H6N2S4/c1-2-11-7(10-1)6-5-14-9(15-6)8-12-3-4-13-8/h1-5H,(H,10,11). The first-order valence-electron chi connectivity index (χ1n) is 4.20. The van der Waals surface area contributed by atoms with Crippen LogP contribution in [0.25, 0.3) is 4.91 Å². The zero-order valence-electron chi connectivity index (χ0n) is 7.47. The summed E-state index contributed by atoms with van der Waals surface area (Å²) in [5.41, 5.74) is 0. The summed E-state index contributed by atoms with van der Waals surface area (Å²) in [5.74, 6) is 0.962. The van der Waals surface area contributed by atoms with Gasteiger partial charge >= 0.3 is 0 Å².